The summed E-state index contributed by atoms with van der Waals surface area (Å²) in [4.78, 5) is 48.0. The van der Waals surface area contributed by atoms with Gasteiger partial charge in [-0.05, 0) is 12.8 Å². The third-order valence-corrected chi connectivity index (χ3v) is 3.98. The molecule has 6 N–H and O–H groups in total. The van der Waals surface area contributed by atoms with E-state index in [1.54, 1.807) is 0 Å². The number of nitrogens with one attached hydrogen (secondary N) is 2. The summed E-state index contributed by atoms with van der Waals surface area (Å²) in [5.74, 6) is -2.96. The van der Waals surface area contributed by atoms with E-state index in [9.17, 15) is 24.3 Å². The highest BCUT2D eigenvalue weighted by Crippen LogP contribution is 2.18. The Morgan fingerprint density at radius 2 is 2.00 bits per heavy atom. The lowest BCUT2D eigenvalue weighted by Crippen LogP contribution is -2.57. The van der Waals surface area contributed by atoms with E-state index in [2.05, 4.69) is 23.3 Å². The summed E-state index contributed by atoms with van der Waals surface area (Å²) < 4.78 is 0. The minimum Gasteiger partial charge on any atom is -0.480 e. The van der Waals surface area contributed by atoms with Crippen molar-refractivity contribution in [1.82, 2.24) is 15.5 Å². The number of carboxylic acid groups (broad SMARTS) is 1. The zero-order valence-corrected chi connectivity index (χ0v) is 13.9. The van der Waals surface area contributed by atoms with E-state index in [1.165, 1.54) is 4.90 Å². The molecule has 24 heavy (non-hydrogen) atoms. The van der Waals surface area contributed by atoms with Crippen molar-refractivity contribution in [1.29, 1.82) is 0 Å². The number of hydrogen-bond acceptors (Lipinski definition) is 7. The van der Waals surface area contributed by atoms with Gasteiger partial charge in [-0.25, -0.2) is 0 Å². The molecule has 1 fully saturated rings. The van der Waals surface area contributed by atoms with Crippen LogP contribution in [0.25, 0.3) is 0 Å². The van der Waals surface area contributed by atoms with E-state index in [1.807, 2.05) is 0 Å². The number of carbonyl (C=O) groups is 4. The van der Waals surface area contributed by atoms with Gasteiger partial charge in [-0.15, -0.1) is 0 Å². The summed E-state index contributed by atoms with van der Waals surface area (Å²) in [6, 6.07) is -2.99. The highest BCUT2D eigenvalue weighted by atomic mass is 32.1. The Kier molecular flexibility index (Phi) is 7.95. The first-order valence-corrected chi connectivity index (χ1v) is 8.02. The van der Waals surface area contributed by atoms with Crippen LogP contribution >= 0.6 is 12.6 Å². The quantitative estimate of drug-likeness (QED) is 0.249. The SMILES string of the molecule is NC(CS)C(=O)NC(CO)C(=O)N1CCCC1C(=O)NCC(=O)O. The molecular formula is C13H22N4O6S. The van der Waals surface area contributed by atoms with Crippen molar-refractivity contribution in [2.24, 2.45) is 5.73 Å². The molecule has 3 unspecified atom stereocenters. The molecule has 0 radical (unpaired) electrons. The van der Waals surface area contributed by atoms with Gasteiger partial charge in [0.25, 0.3) is 0 Å². The first-order valence-electron chi connectivity index (χ1n) is 7.39. The molecule has 0 spiro atoms. The van der Waals surface area contributed by atoms with Crippen LogP contribution in [0, 0.1) is 0 Å². The van der Waals surface area contributed by atoms with Gasteiger partial charge in [-0.3, -0.25) is 19.2 Å². The van der Waals surface area contributed by atoms with E-state index < -0.39 is 55.0 Å². The largest absolute Gasteiger partial charge is 0.480 e. The molecule has 1 aliphatic rings. The molecule has 11 heteroatoms. The van der Waals surface area contributed by atoms with Gasteiger partial charge in [0.1, 0.15) is 18.6 Å². The fourth-order valence-electron chi connectivity index (χ4n) is 2.33. The van der Waals surface area contributed by atoms with Crippen molar-refractivity contribution in [3.63, 3.8) is 0 Å². The van der Waals surface area contributed by atoms with Crippen LogP contribution < -0.4 is 16.4 Å². The highest BCUT2D eigenvalue weighted by molar-refractivity contribution is 7.80. The number of nitrogens with zero attached hydrogens (tertiary/aromatic N) is 1. The Hall–Kier alpha value is -1.85. The van der Waals surface area contributed by atoms with Gasteiger partial charge < -0.3 is 31.5 Å². The topological polar surface area (TPSA) is 162 Å². The van der Waals surface area contributed by atoms with E-state index in [0.29, 0.717) is 12.8 Å². The predicted molar refractivity (Wildman–Crippen MR) is 86.2 cm³/mol. The van der Waals surface area contributed by atoms with Crippen LogP contribution in [-0.4, -0.2) is 82.4 Å². The zero-order valence-electron chi connectivity index (χ0n) is 13.0. The monoisotopic (exact) mass is 362 g/mol. The third kappa shape index (κ3) is 5.35. The summed E-state index contributed by atoms with van der Waals surface area (Å²) in [5, 5.41) is 22.5. The molecule has 0 aliphatic carbocycles. The van der Waals surface area contributed by atoms with Crippen LogP contribution in [0.5, 0.6) is 0 Å². The molecule has 0 aromatic rings. The summed E-state index contributed by atoms with van der Waals surface area (Å²) in [5.41, 5.74) is 5.50. The number of aliphatic hydroxyl groups is 1. The Morgan fingerprint density at radius 3 is 2.54 bits per heavy atom. The van der Waals surface area contributed by atoms with E-state index in [4.69, 9.17) is 10.8 Å². The Labute approximate surface area is 144 Å². The van der Waals surface area contributed by atoms with Gasteiger partial charge >= 0.3 is 5.97 Å². The average Bonchev–Trinajstić information content (AvgIpc) is 3.05. The molecule has 1 rings (SSSR count). The van der Waals surface area contributed by atoms with E-state index in [-0.39, 0.29) is 12.3 Å². The number of thiol groups is 1. The van der Waals surface area contributed by atoms with Crippen molar-refractivity contribution >= 4 is 36.3 Å². The summed E-state index contributed by atoms with van der Waals surface area (Å²) in [6.07, 6.45) is 0.929. The second kappa shape index (κ2) is 9.45. The number of nitrogens with two attached hydrogens (primary N) is 1. The number of hydrogen-bond donors (Lipinski definition) is 6. The van der Waals surface area contributed by atoms with Crippen LogP contribution in [0.1, 0.15) is 12.8 Å². The van der Waals surface area contributed by atoms with E-state index in [0.717, 1.165) is 0 Å². The van der Waals surface area contributed by atoms with Gasteiger partial charge in [-0.1, -0.05) is 0 Å². The molecule has 0 aromatic carbocycles. The van der Waals surface area contributed by atoms with Gasteiger partial charge in [0.2, 0.25) is 17.7 Å². The normalized spacial score (nSPS) is 19.5. The van der Waals surface area contributed by atoms with Crippen LogP contribution in [0.2, 0.25) is 0 Å². The minimum absolute atomic E-state index is 0.0715. The maximum atomic E-state index is 12.5. The fourth-order valence-corrected chi connectivity index (χ4v) is 2.50. The Morgan fingerprint density at radius 1 is 1.33 bits per heavy atom. The van der Waals surface area contributed by atoms with Gasteiger partial charge in [0.05, 0.1) is 12.6 Å². The number of carbonyl (C=O) groups excluding carboxylic acids is 3. The average molecular weight is 362 g/mol. The molecule has 136 valence electrons. The third-order valence-electron chi connectivity index (χ3n) is 3.58. The predicted octanol–water partition coefficient (Wildman–Crippen LogP) is -3.09. The Balaban J connectivity index is 2.73. The van der Waals surface area contributed by atoms with Crippen molar-refractivity contribution in [3.8, 4) is 0 Å². The molecular weight excluding hydrogens is 340 g/mol. The lowest BCUT2D eigenvalue weighted by molar-refractivity contribution is -0.143. The summed E-state index contributed by atoms with van der Waals surface area (Å²) in [7, 11) is 0. The maximum absolute atomic E-state index is 12.5. The van der Waals surface area contributed by atoms with Crippen LogP contribution in [0.4, 0.5) is 0 Å². The molecule has 1 aliphatic heterocycles. The standard InChI is InChI=1S/C13H22N4O6S/c14-7(6-24)11(21)16-8(5-18)13(23)17-3-1-2-9(17)12(22)15-4-10(19)20/h7-9,18,24H,1-6,14H2,(H,15,22)(H,16,21)(H,19,20). The Bertz CT molecular complexity index is 503. The molecule has 0 saturated carbocycles. The van der Waals surface area contributed by atoms with Crippen molar-refractivity contribution in [3.05, 3.63) is 0 Å². The van der Waals surface area contributed by atoms with Gasteiger partial charge in [-0.2, -0.15) is 12.6 Å². The minimum atomic E-state index is -1.23. The van der Waals surface area contributed by atoms with Crippen molar-refractivity contribution < 1.29 is 29.4 Å². The lowest BCUT2D eigenvalue weighted by atomic mass is 10.1. The van der Waals surface area contributed by atoms with Gasteiger partial charge in [0, 0.05) is 12.3 Å². The molecule has 3 amide bonds. The lowest BCUT2D eigenvalue weighted by Gasteiger charge is -2.28. The number of rotatable bonds is 8. The molecule has 1 heterocycles. The molecule has 10 nitrogen and oxygen atoms in total. The van der Waals surface area contributed by atoms with Crippen molar-refractivity contribution in [2.75, 3.05) is 25.4 Å². The fraction of sp³-hybridized carbons (Fsp3) is 0.692. The van der Waals surface area contributed by atoms with E-state index >= 15 is 0 Å². The smallest absolute Gasteiger partial charge is 0.322 e. The first kappa shape index (κ1) is 20.2. The van der Waals surface area contributed by atoms with Gasteiger partial charge in [0.15, 0.2) is 0 Å². The zero-order chi connectivity index (χ0) is 18.3. The number of aliphatic carboxylic acids is 1. The second-order valence-electron chi connectivity index (χ2n) is 5.33. The summed E-state index contributed by atoms with van der Waals surface area (Å²) >= 11 is 3.88. The summed E-state index contributed by atoms with van der Waals surface area (Å²) in [6.45, 7) is -0.923. The first-order chi connectivity index (χ1) is 11.3. The molecule has 3 atom stereocenters. The second-order valence-corrected chi connectivity index (χ2v) is 5.70. The molecule has 0 aromatic heterocycles. The molecule has 1 saturated heterocycles. The number of likely N-dealkylation sites (tertiary alicyclic amines) is 1. The maximum Gasteiger partial charge on any atom is 0.322 e. The number of carboxylic acids is 1. The highest BCUT2D eigenvalue weighted by Gasteiger charge is 2.37. The van der Waals surface area contributed by atoms with Crippen LogP contribution in [0.3, 0.4) is 0 Å². The van der Waals surface area contributed by atoms with Crippen molar-refractivity contribution in [2.45, 2.75) is 31.0 Å². The number of aliphatic hydroxyl groups excluding tert-OH is 1. The molecule has 0 bridgehead atoms. The van der Waals surface area contributed by atoms with Crippen LogP contribution in [0.15, 0.2) is 0 Å². The number of amides is 3. The van der Waals surface area contributed by atoms with Crippen LogP contribution in [-0.2, 0) is 19.2 Å².